The Balaban J connectivity index is 2.70. The summed E-state index contributed by atoms with van der Waals surface area (Å²) in [7, 11) is 0. The van der Waals surface area contributed by atoms with Gasteiger partial charge in [0, 0.05) is 12.5 Å². The van der Waals surface area contributed by atoms with Crippen LogP contribution in [0.5, 0.6) is 0 Å². The van der Waals surface area contributed by atoms with Crippen LogP contribution >= 0.6 is 0 Å². The lowest BCUT2D eigenvalue weighted by Crippen LogP contribution is -2.25. The van der Waals surface area contributed by atoms with Crippen LogP contribution in [0, 0.1) is 0 Å². The molecular formula is C14H17NO3. The highest BCUT2D eigenvalue weighted by Crippen LogP contribution is 2.14. The number of benzene rings is 1. The maximum Gasteiger partial charge on any atom is 0.328 e. The van der Waals surface area contributed by atoms with Crippen LogP contribution in [0.25, 0.3) is 6.08 Å². The first-order chi connectivity index (χ1) is 8.52. The number of hydrogen-bond acceptors (Lipinski definition) is 2. The van der Waals surface area contributed by atoms with Gasteiger partial charge < -0.3 is 10.4 Å². The average Bonchev–Trinajstić information content (AvgIpc) is 2.36. The van der Waals surface area contributed by atoms with Crippen LogP contribution in [-0.4, -0.2) is 17.0 Å². The average molecular weight is 247 g/mol. The summed E-state index contributed by atoms with van der Waals surface area (Å²) in [5, 5.41) is 11.4. The molecule has 96 valence electrons. The van der Waals surface area contributed by atoms with E-state index >= 15 is 0 Å². The van der Waals surface area contributed by atoms with Gasteiger partial charge in [0.2, 0.25) is 5.91 Å². The van der Waals surface area contributed by atoms with E-state index in [1.807, 2.05) is 38.1 Å². The molecule has 0 aliphatic heterocycles. The first-order valence-corrected chi connectivity index (χ1v) is 5.83. The van der Waals surface area contributed by atoms with Gasteiger partial charge in [0.1, 0.15) is 0 Å². The lowest BCUT2D eigenvalue weighted by Gasteiger charge is -2.13. The predicted molar refractivity (Wildman–Crippen MR) is 70.0 cm³/mol. The van der Waals surface area contributed by atoms with Crippen LogP contribution in [0.3, 0.4) is 0 Å². The molecule has 1 atom stereocenters. The van der Waals surface area contributed by atoms with Gasteiger partial charge >= 0.3 is 5.97 Å². The molecule has 1 rings (SSSR count). The molecular weight excluding hydrogens is 230 g/mol. The second-order valence-corrected chi connectivity index (χ2v) is 3.98. The van der Waals surface area contributed by atoms with Crippen molar-refractivity contribution < 1.29 is 14.7 Å². The van der Waals surface area contributed by atoms with Gasteiger partial charge in [-0.25, -0.2) is 4.79 Å². The van der Waals surface area contributed by atoms with E-state index in [0.29, 0.717) is 6.42 Å². The zero-order chi connectivity index (χ0) is 13.5. The van der Waals surface area contributed by atoms with Crippen LogP contribution in [0.4, 0.5) is 0 Å². The summed E-state index contributed by atoms with van der Waals surface area (Å²) in [5.41, 5.74) is 1.81. The normalized spacial score (nSPS) is 12.3. The molecule has 0 saturated heterocycles. The summed E-state index contributed by atoms with van der Waals surface area (Å²) in [4.78, 5) is 21.6. The summed E-state index contributed by atoms with van der Waals surface area (Å²) < 4.78 is 0. The third-order valence-electron chi connectivity index (χ3n) is 2.55. The van der Waals surface area contributed by atoms with Crippen molar-refractivity contribution in [3.05, 3.63) is 41.5 Å². The predicted octanol–water partition coefficient (Wildman–Crippen LogP) is 2.37. The zero-order valence-electron chi connectivity index (χ0n) is 10.5. The Morgan fingerprint density at radius 1 is 1.33 bits per heavy atom. The summed E-state index contributed by atoms with van der Waals surface area (Å²) in [5.74, 6) is -0.958. The molecule has 0 fully saturated rings. The van der Waals surface area contributed by atoms with Gasteiger partial charge in [0.15, 0.2) is 0 Å². The molecule has 0 aliphatic rings. The molecule has 1 unspecified atom stereocenters. The number of amides is 1. The van der Waals surface area contributed by atoms with E-state index < -0.39 is 5.97 Å². The molecule has 4 nitrogen and oxygen atoms in total. The summed E-state index contributed by atoms with van der Waals surface area (Å²) in [6.45, 7) is 3.72. The first kappa shape index (κ1) is 14.0. The molecule has 1 amide bonds. The van der Waals surface area contributed by atoms with Crippen molar-refractivity contribution in [3.63, 3.8) is 0 Å². The third-order valence-corrected chi connectivity index (χ3v) is 2.55. The maximum absolute atomic E-state index is 11.3. The second kappa shape index (κ2) is 6.59. The molecule has 0 heterocycles. The third kappa shape index (κ3) is 4.41. The Morgan fingerprint density at radius 3 is 2.44 bits per heavy atom. The van der Waals surface area contributed by atoms with E-state index in [4.69, 9.17) is 5.11 Å². The Kier molecular flexibility index (Phi) is 5.11. The van der Waals surface area contributed by atoms with E-state index in [-0.39, 0.29) is 11.9 Å². The van der Waals surface area contributed by atoms with Gasteiger partial charge in [0.05, 0.1) is 6.04 Å². The lowest BCUT2D eigenvalue weighted by molar-refractivity contribution is -0.131. The highest BCUT2D eigenvalue weighted by molar-refractivity contribution is 5.85. The molecule has 18 heavy (non-hydrogen) atoms. The van der Waals surface area contributed by atoms with Crippen LogP contribution in [0.2, 0.25) is 0 Å². The number of aliphatic carboxylic acids is 1. The fraction of sp³-hybridized carbons (Fsp3) is 0.286. The van der Waals surface area contributed by atoms with E-state index in [1.54, 1.807) is 0 Å². The summed E-state index contributed by atoms with van der Waals surface area (Å²) >= 11 is 0. The van der Waals surface area contributed by atoms with Crippen molar-refractivity contribution in [2.24, 2.45) is 0 Å². The zero-order valence-corrected chi connectivity index (χ0v) is 10.5. The number of carboxylic acid groups (broad SMARTS) is 1. The second-order valence-electron chi connectivity index (χ2n) is 3.98. The smallest absolute Gasteiger partial charge is 0.328 e. The van der Waals surface area contributed by atoms with Gasteiger partial charge in [-0.05, 0) is 24.1 Å². The number of rotatable bonds is 5. The lowest BCUT2D eigenvalue weighted by atomic mass is 10.1. The molecule has 0 bridgehead atoms. The molecule has 0 saturated carbocycles. The van der Waals surface area contributed by atoms with Crippen LogP contribution in [-0.2, 0) is 9.59 Å². The maximum atomic E-state index is 11.3. The highest BCUT2D eigenvalue weighted by Gasteiger charge is 2.07. The number of nitrogens with one attached hydrogen (secondary N) is 1. The van der Waals surface area contributed by atoms with Crippen LogP contribution < -0.4 is 5.32 Å². The van der Waals surface area contributed by atoms with Crippen molar-refractivity contribution in [3.8, 4) is 0 Å². The van der Waals surface area contributed by atoms with Crippen molar-refractivity contribution >= 4 is 18.0 Å². The van der Waals surface area contributed by atoms with E-state index in [1.165, 1.54) is 6.08 Å². The Labute approximate surface area is 106 Å². The Morgan fingerprint density at radius 2 is 1.94 bits per heavy atom. The number of carbonyl (C=O) groups is 2. The van der Waals surface area contributed by atoms with Crippen molar-refractivity contribution in [2.45, 2.75) is 26.3 Å². The quantitative estimate of drug-likeness (QED) is 0.785. The van der Waals surface area contributed by atoms with Crippen molar-refractivity contribution in [2.75, 3.05) is 0 Å². The minimum atomic E-state index is -0.970. The van der Waals surface area contributed by atoms with Gasteiger partial charge in [-0.3, -0.25) is 4.79 Å². The Bertz CT molecular complexity index is 449. The molecule has 0 aliphatic carbocycles. The molecule has 1 aromatic carbocycles. The summed E-state index contributed by atoms with van der Waals surface area (Å²) in [6, 6.07) is 7.35. The topological polar surface area (TPSA) is 66.4 Å². The summed E-state index contributed by atoms with van der Waals surface area (Å²) in [6.07, 6.45) is 3.09. The molecule has 0 radical (unpaired) electrons. The monoisotopic (exact) mass is 247 g/mol. The van der Waals surface area contributed by atoms with E-state index in [0.717, 1.165) is 17.2 Å². The van der Waals surface area contributed by atoms with Gasteiger partial charge in [-0.2, -0.15) is 0 Å². The minimum Gasteiger partial charge on any atom is -0.478 e. The first-order valence-electron chi connectivity index (χ1n) is 5.83. The highest BCUT2D eigenvalue weighted by atomic mass is 16.4. The molecule has 1 aromatic rings. The van der Waals surface area contributed by atoms with Crippen LogP contribution in [0.1, 0.15) is 37.4 Å². The van der Waals surface area contributed by atoms with E-state index in [9.17, 15) is 9.59 Å². The largest absolute Gasteiger partial charge is 0.478 e. The fourth-order valence-corrected chi connectivity index (χ4v) is 1.49. The fourth-order valence-electron chi connectivity index (χ4n) is 1.49. The molecule has 0 spiro atoms. The van der Waals surface area contributed by atoms with Gasteiger partial charge in [-0.15, -0.1) is 0 Å². The molecule has 4 heteroatoms. The van der Waals surface area contributed by atoms with Crippen molar-refractivity contribution in [1.82, 2.24) is 5.32 Å². The number of carboxylic acids is 1. The molecule has 2 N–H and O–H groups in total. The SMILES string of the molecule is CCC(=O)NC(C)c1ccc(/C=C/C(=O)O)cc1. The van der Waals surface area contributed by atoms with Crippen LogP contribution in [0.15, 0.2) is 30.3 Å². The number of carbonyl (C=O) groups excluding carboxylic acids is 1. The molecule has 0 aromatic heterocycles. The van der Waals surface area contributed by atoms with Gasteiger partial charge in [0.25, 0.3) is 0 Å². The van der Waals surface area contributed by atoms with Gasteiger partial charge in [-0.1, -0.05) is 31.2 Å². The van der Waals surface area contributed by atoms with E-state index in [2.05, 4.69) is 5.32 Å². The van der Waals surface area contributed by atoms with Crippen molar-refractivity contribution in [1.29, 1.82) is 0 Å². The number of hydrogen-bond donors (Lipinski definition) is 2. The minimum absolute atomic E-state index is 0.0114. The Hall–Kier alpha value is -2.10. The standard InChI is InChI=1S/C14H17NO3/c1-3-13(16)15-10(2)12-7-4-11(5-8-12)6-9-14(17)18/h4-10H,3H2,1-2H3,(H,15,16)(H,17,18)/b9-6+.